The van der Waals surface area contributed by atoms with Crippen molar-refractivity contribution in [2.75, 3.05) is 62.0 Å². The van der Waals surface area contributed by atoms with E-state index < -0.39 is 18.0 Å². The van der Waals surface area contributed by atoms with Crippen LogP contribution in [0.4, 0.5) is 17.3 Å². The van der Waals surface area contributed by atoms with Gasteiger partial charge in [0.15, 0.2) is 0 Å². The summed E-state index contributed by atoms with van der Waals surface area (Å²) in [5.41, 5.74) is 22.4. The average molecular weight is 812 g/mol. The number of allylic oxidation sites excluding steroid dienone is 1. The lowest BCUT2D eigenvalue weighted by atomic mass is 10.1. The number of nitrogens with zero attached hydrogens (tertiary/aromatic N) is 8. The number of carbonyl (C=O) groups is 3. The number of aromatic nitrogens is 4. The Balaban J connectivity index is 1.30. The number of carbonyl (C=O) groups excluding carboxylic acids is 3. The molecule has 3 unspecified atom stereocenters. The van der Waals surface area contributed by atoms with Gasteiger partial charge in [-0.15, -0.1) is 0 Å². The lowest BCUT2D eigenvalue weighted by molar-refractivity contribution is 0.0487. The minimum atomic E-state index is -1.05. The SMILES string of the molecule is CCN1N=C(C)CC1C(O)Nc1nc2cc(C(N)=O)cc3c2n1C/C=C/CN(CNC(=O)c1cc(C)nn1CC)c1c(N)cc(C(N)=O)cc1OCC(N1CCC1)CO3. The van der Waals surface area contributed by atoms with Gasteiger partial charge in [-0.3, -0.25) is 29.0 Å². The lowest BCUT2D eigenvalue weighted by Gasteiger charge is -2.38. The summed E-state index contributed by atoms with van der Waals surface area (Å²) < 4.78 is 16.7. The molecule has 2 aromatic carbocycles. The van der Waals surface area contributed by atoms with Crippen molar-refractivity contribution in [2.45, 2.75) is 71.9 Å². The quantitative estimate of drug-likeness (QED) is 0.0720. The maximum Gasteiger partial charge on any atom is 0.270 e. The molecule has 7 rings (SSSR count). The molecule has 19 nitrogen and oxygen atoms in total. The fourth-order valence-electron chi connectivity index (χ4n) is 7.72. The molecule has 4 aromatic rings. The van der Waals surface area contributed by atoms with E-state index in [1.165, 1.54) is 6.07 Å². The first-order valence-electron chi connectivity index (χ1n) is 19.9. The predicted molar refractivity (Wildman–Crippen MR) is 224 cm³/mol. The highest BCUT2D eigenvalue weighted by molar-refractivity contribution is 5.99. The number of fused-ring (bicyclic) bond motifs is 1. The van der Waals surface area contributed by atoms with Gasteiger partial charge in [0.25, 0.3) is 5.91 Å². The number of ether oxygens (including phenoxy) is 2. The second-order valence-corrected chi connectivity index (χ2v) is 15.0. The van der Waals surface area contributed by atoms with Crippen LogP contribution in [0.2, 0.25) is 0 Å². The molecule has 314 valence electrons. The zero-order valence-corrected chi connectivity index (χ0v) is 33.8. The van der Waals surface area contributed by atoms with Crippen LogP contribution in [-0.2, 0) is 13.1 Å². The van der Waals surface area contributed by atoms with Crippen molar-refractivity contribution in [2.24, 2.45) is 16.6 Å². The monoisotopic (exact) mass is 811 g/mol. The summed E-state index contributed by atoms with van der Waals surface area (Å²) in [5, 5.41) is 28.6. The van der Waals surface area contributed by atoms with Gasteiger partial charge in [0.2, 0.25) is 17.8 Å². The largest absolute Gasteiger partial charge is 0.490 e. The summed E-state index contributed by atoms with van der Waals surface area (Å²) in [4.78, 5) is 47.6. The van der Waals surface area contributed by atoms with Crippen LogP contribution in [0, 0.1) is 6.92 Å². The third kappa shape index (κ3) is 8.61. The van der Waals surface area contributed by atoms with Crippen LogP contribution < -0.4 is 42.2 Å². The summed E-state index contributed by atoms with van der Waals surface area (Å²) in [6.07, 6.45) is 4.33. The normalized spacial score (nSPS) is 19.6. The number of benzene rings is 2. The third-order valence-electron chi connectivity index (χ3n) is 10.9. The molecular weight excluding hydrogens is 759 g/mol. The number of aryl methyl sites for hydroxylation is 2. The Labute approximate surface area is 341 Å². The van der Waals surface area contributed by atoms with Crippen molar-refractivity contribution in [1.29, 1.82) is 0 Å². The molecule has 3 aliphatic heterocycles. The van der Waals surface area contributed by atoms with Gasteiger partial charge in [0.1, 0.15) is 47.8 Å². The minimum Gasteiger partial charge on any atom is -0.490 e. The number of aliphatic hydroxyl groups is 1. The summed E-state index contributed by atoms with van der Waals surface area (Å²) >= 11 is 0. The van der Waals surface area contributed by atoms with Crippen molar-refractivity contribution in [3.8, 4) is 11.5 Å². The highest BCUT2D eigenvalue weighted by Gasteiger charge is 2.32. The van der Waals surface area contributed by atoms with E-state index in [1.54, 1.807) is 28.9 Å². The second-order valence-electron chi connectivity index (χ2n) is 15.0. The number of imidazole rings is 1. The van der Waals surface area contributed by atoms with Crippen LogP contribution in [0.1, 0.15) is 70.5 Å². The predicted octanol–water partition coefficient (Wildman–Crippen LogP) is 1.84. The first-order valence-corrected chi connectivity index (χ1v) is 19.9. The summed E-state index contributed by atoms with van der Waals surface area (Å²) in [6.45, 7) is 11.2. The van der Waals surface area contributed by atoms with Gasteiger partial charge in [-0.05, 0) is 77.5 Å². The number of hydrazone groups is 1. The van der Waals surface area contributed by atoms with Gasteiger partial charge >= 0.3 is 0 Å². The van der Waals surface area contributed by atoms with Crippen molar-refractivity contribution >= 4 is 51.8 Å². The number of hydrogen-bond donors (Lipinski definition) is 6. The molecule has 3 atom stereocenters. The van der Waals surface area contributed by atoms with E-state index in [1.807, 2.05) is 54.3 Å². The molecule has 0 saturated carbocycles. The minimum absolute atomic E-state index is 0.0100. The molecule has 5 heterocycles. The highest BCUT2D eigenvalue weighted by Crippen LogP contribution is 2.37. The van der Waals surface area contributed by atoms with Gasteiger partial charge in [0.05, 0.1) is 35.7 Å². The number of rotatable bonds is 11. The van der Waals surface area contributed by atoms with E-state index in [0.717, 1.165) is 25.2 Å². The number of hydrogen-bond acceptors (Lipinski definition) is 14. The Morgan fingerprint density at radius 3 is 2.32 bits per heavy atom. The molecular formula is C40H53N13O6. The standard InChI is InChI=1S/C40H53N13O6/c1-5-52-30(14-23(3)47-52)38(56)44-22-50-10-7-8-13-51-35-29(45-40(51)46-39(57)31-15-24(4)48-53(31)6-2)17-26(37(43)55)19-33(35)59-21-27(49-11-9-12-49)20-58-32-18-25(36(42)54)16-28(41)34(32)50/h7-8,14,16-19,27,31,39,57H,5-6,9-13,15,20-22,41H2,1-4H3,(H2,42,54)(H2,43,55)(H,44,56)(H,45,46)/b8-7+. The van der Waals surface area contributed by atoms with Gasteiger partial charge in [-0.2, -0.15) is 10.2 Å². The smallest absolute Gasteiger partial charge is 0.270 e. The molecule has 19 heteroatoms. The zero-order valence-electron chi connectivity index (χ0n) is 33.8. The molecule has 0 aliphatic carbocycles. The number of nitrogens with two attached hydrogens (primary N) is 3. The third-order valence-corrected chi connectivity index (χ3v) is 10.9. The van der Waals surface area contributed by atoms with Crippen LogP contribution in [0.5, 0.6) is 11.5 Å². The molecule has 9 N–H and O–H groups in total. The number of likely N-dealkylation sites (tertiary alicyclic amines) is 1. The Kier molecular flexibility index (Phi) is 11.9. The number of nitrogens with one attached hydrogen (secondary N) is 2. The highest BCUT2D eigenvalue weighted by atomic mass is 16.5. The molecule has 3 amide bonds. The Hall–Kier alpha value is -6.34. The fourth-order valence-corrected chi connectivity index (χ4v) is 7.72. The first-order chi connectivity index (χ1) is 28.3. The number of primary amides is 2. The van der Waals surface area contributed by atoms with Crippen LogP contribution in [0.3, 0.4) is 0 Å². The van der Waals surface area contributed by atoms with E-state index >= 15 is 0 Å². The van der Waals surface area contributed by atoms with Crippen molar-refractivity contribution < 1.29 is 29.0 Å². The number of aliphatic hydroxyl groups excluding tert-OH is 1. The van der Waals surface area contributed by atoms with Gasteiger partial charge in [0, 0.05) is 49.4 Å². The van der Waals surface area contributed by atoms with Crippen molar-refractivity contribution in [3.63, 3.8) is 0 Å². The zero-order chi connectivity index (χ0) is 42.0. The van der Waals surface area contributed by atoms with E-state index in [0.29, 0.717) is 65.1 Å². The van der Waals surface area contributed by atoms with Crippen LogP contribution >= 0.6 is 0 Å². The van der Waals surface area contributed by atoms with E-state index in [-0.39, 0.29) is 67.8 Å². The summed E-state index contributed by atoms with van der Waals surface area (Å²) in [6, 6.07) is 7.40. The fraction of sp³-hybridized carbons (Fsp3) is 0.450. The molecule has 0 bridgehead atoms. The second kappa shape index (κ2) is 17.3. The molecule has 59 heavy (non-hydrogen) atoms. The molecule has 1 saturated heterocycles. The maximum absolute atomic E-state index is 13.6. The van der Waals surface area contributed by atoms with Gasteiger partial charge < -0.3 is 51.9 Å². The maximum atomic E-state index is 13.6. The van der Waals surface area contributed by atoms with Crippen LogP contribution in [0.15, 0.2) is 47.6 Å². The van der Waals surface area contributed by atoms with Crippen LogP contribution in [-0.4, -0.2) is 122 Å². The summed E-state index contributed by atoms with van der Waals surface area (Å²) in [7, 11) is 0. The number of amides is 3. The number of likely N-dealkylation sites (N-methyl/N-ethyl adjacent to an activating group) is 1. The van der Waals surface area contributed by atoms with E-state index in [9.17, 15) is 19.5 Å². The first kappa shape index (κ1) is 40.8. The molecule has 2 aromatic heterocycles. The molecule has 1 fully saturated rings. The Morgan fingerprint density at radius 2 is 1.64 bits per heavy atom. The Morgan fingerprint density at radius 1 is 0.949 bits per heavy atom. The molecule has 0 radical (unpaired) electrons. The van der Waals surface area contributed by atoms with Crippen molar-refractivity contribution in [1.82, 2.24) is 34.6 Å². The van der Waals surface area contributed by atoms with E-state index in [2.05, 4.69) is 25.7 Å². The summed E-state index contributed by atoms with van der Waals surface area (Å²) in [5.74, 6) is -0.627. The number of nitrogen functional groups attached to an aromatic ring is 1. The Bertz CT molecular complexity index is 2300. The average Bonchev–Trinajstić information content (AvgIpc) is 3.87. The van der Waals surface area contributed by atoms with Crippen molar-refractivity contribution in [3.05, 3.63) is 65.0 Å². The molecule has 0 spiro atoms. The van der Waals surface area contributed by atoms with E-state index in [4.69, 9.17) is 31.7 Å². The lowest BCUT2D eigenvalue weighted by Crippen LogP contribution is -2.50. The van der Waals surface area contributed by atoms with Gasteiger partial charge in [-0.1, -0.05) is 12.2 Å². The topological polar surface area (TPSA) is 250 Å². The van der Waals surface area contributed by atoms with Crippen LogP contribution in [0.25, 0.3) is 11.0 Å². The number of anilines is 3. The van der Waals surface area contributed by atoms with Gasteiger partial charge in [-0.25, -0.2) is 4.98 Å². The molecule has 3 aliphatic rings.